The van der Waals surface area contributed by atoms with Gasteiger partial charge in [0, 0.05) is 17.1 Å². The molecule has 0 amide bonds. The molecule has 27 heavy (non-hydrogen) atoms. The summed E-state index contributed by atoms with van der Waals surface area (Å²) < 4.78 is 7.47. The highest BCUT2D eigenvalue weighted by molar-refractivity contribution is 7.98. The van der Waals surface area contributed by atoms with Gasteiger partial charge in [0.15, 0.2) is 16.8 Å². The first-order valence-electron chi connectivity index (χ1n) is 8.34. The molecule has 0 saturated heterocycles. The number of aryl methyl sites for hydroxylation is 1. The third-order valence-corrected chi connectivity index (χ3v) is 6.18. The SMILES string of the molecule is CCn1c(SCc2noc(-c3cccc(Cl)c3)n2)nnc1-c1sccc1C. The van der Waals surface area contributed by atoms with E-state index in [0.29, 0.717) is 22.5 Å². The molecule has 0 atom stereocenters. The lowest BCUT2D eigenvalue weighted by Crippen LogP contribution is -1.99. The van der Waals surface area contributed by atoms with Gasteiger partial charge in [-0.05, 0) is 49.1 Å². The number of rotatable bonds is 6. The first kappa shape index (κ1) is 18.2. The molecule has 0 N–H and O–H groups in total. The Balaban J connectivity index is 1.51. The molecule has 0 bridgehead atoms. The largest absolute Gasteiger partial charge is 0.334 e. The van der Waals surface area contributed by atoms with E-state index in [4.69, 9.17) is 16.1 Å². The summed E-state index contributed by atoms with van der Waals surface area (Å²) >= 11 is 9.24. The molecule has 0 aliphatic rings. The van der Waals surface area contributed by atoms with Crippen LogP contribution in [0.15, 0.2) is 45.4 Å². The van der Waals surface area contributed by atoms with Crippen LogP contribution in [0.3, 0.4) is 0 Å². The molecule has 0 aliphatic carbocycles. The fourth-order valence-corrected chi connectivity index (χ4v) is 4.59. The van der Waals surface area contributed by atoms with Crippen LogP contribution in [0.25, 0.3) is 22.2 Å². The van der Waals surface area contributed by atoms with Crippen LogP contribution in [0.4, 0.5) is 0 Å². The quantitative estimate of drug-likeness (QED) is 0.395. The van der Waals surface area contributed by atoms with E-state index in [-0.39, 0.29) is 0 Å². The number of thiophene rings is 1. The van der Waals surface area contributed by atoms with Crippen molar-refractivity contribution in [2.75, 3.05) is 0 Å². The number of thioether (sulfide) groups is 1. The summed E-state index contributed by atoms with van der Waals surface area (Å²) in [5.74, 6) is 2.51. The average Bonchev–Trinajstić information content (AvgIpc) is 3.38. The summed E-state index contributed by atoms with van der Waals surface area (Å²) in [5.41, 5.74) is 2.02. The molecule has 0 radical (unpaired) electrons. The number of aromatic nitrogens is 5. The normalized spacial score (nSPS) is 11.2. The summed E-state index contributed by atoms with van der Waals surface area (Å²) in [5, 5.41) is 16.3. The molecule has 0 saturated carbocycles. The Labute approximate surface area is 169 Å². The zero-order chi connectivity index (χ0) is 18.8. The van der Waals surface area contributed by atoms with Gasteiger partial charge in [0.05, 0.1) is 10.6 Å². The fraction of sp³-hybridized carbons (Fsp3) is 0.222. The monoisotopic (exact) mass is 417 g/mol. The van der Waals surface area contributed by atoms with Crippen molar-refractivity contribution in [1.29, 1.82) is 0 Å². The lowest BCUT2D eigenvalue weighted by molar-refractivity contribution is 0.425. The van der Waals surface area contributed by atoms with E-state index in [1.165, 1.54) is 5.56 Å². The van der Waals surface area contributed by atoms with Gasteiger partial charge in [-0.2, -0.15) is 4.98 Å². The van der Waals surface area contributed by atoms with Crippen molar-refractivity contribution in [1.82, 2.24) is 24.9 Å². The smallest absolute Gasteiger partial charge is 0.258 e. The van der Waals surface area contributed by atoms with Crippen molar-refractivity contribution in [3.8, 4) is 22.2 Å². The highest BCUT2D eigenvalue weighted by Gasteiger charge is 2.17. The maximum absolute atomic E-state index is 6.02. The average molecular weight is 418 g/mol. The number of halogens is 1. The van der Waals surface area contributed by atoms with E-state index in [1.54, 1.807) is 29.2 Å². The van der Waals surface area contributed by atoms with Gasteiger partial charge in [0.25, 0.3) is 5.89 Å². The second-order valence-corrected chi connectivity index (χ2v) is 8.09. The van der Waals surface area contributed by atoms with Crippen LogP contribution >= 0.6 is 34.7 Å². The molecule has 9 heteroatoms. The summed E-state index contributed by atoms with van der Waals surface area (Å²) in [4.78, 5) is 5.60. The van der Waals surface area contributed by atoms with E-state index < -0.39 is 0 Å². The molecule has 6 nitrogen and oxygen atoms in total. The molecule has 3 heterocycles. The Bertz CT molecular complexity index is 1070. The molecule has 4 rings (SSSR count). The first-order valence-corrected chi connectivity index (χ1v) is 10.6. The summed E-state index contributed by atoms with van der Waals surface area (Å²) in [6, 6.07) is 9.45. The molecule has 0 aliphatic heterocycles. The van der Waals surface area contributed by atoms with Gasteiger partial charge in [-0.1, -0.05) is 34.6 Å². The Hall–Kier alpha value is -2.16. The van der Waals surface area contributed by atoms with Gasteiger partial charge in [0.1, 0.15) is 0 Å². The van der Waals surface area contributed by atoms with Crippen molar-refractivity contribution in [3.05, 3.63) is 52.1 Å². The molecule has 0 unspecified atom stereocenters. The molecule has 138 valence electrons. The van der Waals surface area contributed by atoms with Crippen LogP contribution in [0.1, 0.15) is 18.3 Å². The lowest BCUT2D eigenvalue weighted by atomic mass is 10.2. The first-order chi connectivity index (χ1) is 13.2. The zero-order valence-electron chi connectivity index (χ0n) is 14.7. The minimum atomic E-state index is 0.458. The van der Waals surface area contributed by atoms with Crippen molar-refractivity contribution in [3.63, 3.8) is 0 Å². The van der Waals surface area contributed by atoms with Crippen molar-refractivity contribution in [2.24, 2.45) is 0 Å². The Morgan fingerprint density at radius 2 is 2.15 bits per heavy atom. The molecule has 0 spiro atoms. The Morgan fingerprint density at radius 3 is 2.89 bits per heavy atom. The highest BCUT2D eigenvalue weighted by atomic mass is 35.5. The Morgan fingerprint density at radius 1 is 1.26 bits per heavy atom. The second kappa shape index (κ2) is 7.84. The van der Waals surface area contributed by atoms with E-state index in [1.807, 2.05) is 18.2 Å². The van der Waals surface area contributed by atoms with E-state index in [9.17, 15) is 0 Å². The highest BCUT2D eigenvalue weighted by Crippen LogP contribution is 2.31. The molecule has 4 aromatic rings. The molecule has 3 aromatic heterocycles. The number of hydrogen-bond donors (Lipinski definition) is 0. The molecular weight excluding hydrogens is 402 g/mol. The van der Waals surface area contributed by atoms with E-state index >= 15 is 0 Å². The second-order valence-electron chi connectivity index (χ2n) is 5.80. The number of hydrogen-bond acceptors (Lipinski definition) is 7. The third-order valence-electron chi connectivity index (χ3n) is 3.97. The molecule has 0 fully saturated rings. The standard InChI is InChI=1S/C18H16ClN5OS2/c1-3-24-16(15-11(2)7-8-26-15)21-22-18(24)27-10-14-20-17(25-23-14)12-5-4-6-13(19)9-12/h4-9H,3,10H2,1-2H3. The summed E-state index contributed by atoms with van der Waals surface area (Å²) in [7, 11) is 0. The predicted molar refractivity (Wildman–Crippen MR) is 108 cm³/mol. The van der Waals surface area contributed by atoms with Gasteiger partial charge in [-0.3, -0.25) is 0 Å². The molecule has 1 aromatic carbocycles. The van der Waals surface area contributed by atoms with Gasteiger partial charge in [-0.25, -0.2) is 0 Å². The summed E-state index contributed by atoms with van der Waals surface area (Å²) in [6.07, 6.45) is 0. The minimum absolute atomic E-state index is 0.458. The van der Waals surface area contributed by atoms with Crippen LogP contribution < -0.4 is 0 Å². The fourth-order valence-electron chi connectivity index (χ4n) is 2.63. The van der Waals surface area contributed by atoms with Crippen LogP contribution in [-0.2, 0) is 12.3 Å². The van der Waals surface area contributed by atoms with E-state index in [2.05, 4.69) is 50.2 Å². The van der Waals surface area contributed by atoms with Crippen LogP contribution in [0.2, 0.25) is 5.02 Å². The van der Waals surface area contributed by atoms with Crippen LogP contribution in [0.5, 0.6) is 0 Å². The molecular formula is C18H16ClN5OS2. The lowest BCUT2D eigenvalue weighted by Gasteiger charge is -2.05. The van der Waals surface area contributed by atoms with Crippen molar-refractivity contribution < 1.29 is 4.52 Å². The van der Waals surface area contributed by atoms with Crippen LogP contribution in [-0.4, -0.2) is 24.9 Å². The van der Waals surface area contributed by atoms with Crippen molar-refractivity contribution >= 4 is 34.7 Å². The number of benzene rings is 1. The van der Waals surface area contributed by atoms with Gasteiger partial charge < -0.3 is 9.09 Å². The maximum atomic E-state index is 6.02. The van der Waals surface area contributed by atoms with Crippen molar-refractivity contribution in [2.45, 2.75) is 31.3 Å². The summed E-state index contributed by atoms with van der Waals surface area (Å²) in [6.45, 7) is 4.97. The number of nitrogens with zero attached hydrogens (tertiary/aromatic N) is 5. The van der Waals surface area contributed by atoms with Gasteiger partial charge >= 0.3 is 0 Å². The predicted octanol–water partition coefficient (Wildman–Crippen LogP) is 5.33. The topological polar surface area (TPSA) is 69.6 Å². The van der Waals surface area contributed by atoms with Crippen LogP contribution in [0, 0.1) is 6.92 Å². The third kappa shape index (κ3) is 3.78. The zero-order valence-corrected chi connectivity index (χ0v) is 17.1. The maximum Gasteiger partial charge on any atom is 0.258 e. The van der Waals surface area contributed by atoms with E-state index in [0.717, 1.165) is 28.0 Å². The minimum Gasteiger partial charge on any atom is -0.334 e. The van der Waals surface area contributed by atoms with Gasteiger partial charge in [-0.15, -0.1) is 21.5 Å². The Kier molecular flexibility index (Phi) is 5.29. The van der Waals surface area contributed by atoms with Gasteiger partial charge in [0.2, 0.25) is 0 Å².